The van der Waals surface area contributed by atoms with Crippen LogP contribution in [0.1, 0.15) is 126 Å². The summed E-state index contributed by atoms with van der Waals surface area (Å²) in [6.07, 6.45) is 12.0. The van der Waals surface area contributed by atoms with Crippen LogP contribution in [0.15, 0.2) is 63.2 Å². The van der Waals surface area contributed by atoms with E-state index in [9.17, 15) is 34.2 Å². The van der Waals surface area contributed by atoms with Gasteiger partial charge in [0, 0.05) is 58.5 Å². The molecule has 2 N–H and O–H groups in total. The number of hydrogen-bond donors (Lipinski definition) is 2. The fraction of sp³-hybridized carbons (Fsp3) is 0.750. The van der Waals surface area contributed by atoms with Crippen molar-refractivity contribution in [2.24, 2.45) is 51.1 Å². The summed E-state index contributed by atoms with van der Waals surface area (Å²) in [4.78, 5) is 72.6. The molecule has 384 valence electrons. The number of piperidine rings is 1. The number of aliphatic hydroxyl groups is 2. The molecule has 5 aliphatic rings. The SMILES string of the molecule is CO[C@H]1C[C@@H]2CC[C@@H](C)C(=O)C(O)(O2)C(=O)N2CCCCC2C(=O)O[C@H]([C@H](C)C[C@@H]2CC[C@H]([N+]3=NN=NC3)[C@H](OC)C2)CC(=O)[C@H](C)/C=C(\C)[C@@H](O)[C@@H](OC)C(=O)[C@@H](C)C[C@H](C)/C=C/C=C/C=C1C. The molecule has 5 rings (SSSR count). The van der Waals surface area contributed by atoms with Crippen LogP contribution < -0.4 is 0 Å². The minimum atomic E-state index is -2.85. The number of amides is 1. The van der Waals surface area contributed by atoms with E-state index in [1.165, 1.54) is 12.0 Å². The highest BCUT2D eigenvalue weighted by Crippen LogP contribution is 2.37. The molecule has 0 aromatic heterocycles. The second kappa shape index (κ2) is 25.8. The lowest BCUT2D eigenvalue weighted by Gasteiger charge is -2.40. The third-order valence-corrected chi connectivity index (χ3v) is 15.2. The number of ketones is 3. The summed E-state index contributed by atoms with van der Waals surface area (Å²) >= 11 is 0. The summed E-state index contributed by atoms with van der Waals surface area (Å²) in [5, 5.41) is 35.7. The molecule has 69 heavy (non-hydrogen) atoms. The van der Waals surface area contributed by atoms with E-state index in [-0.39, 0.29) is 67.3 Å². The van der Waals surface area contributed by atoms with Crippen molar-refractivity contribution in [3.8, 4) is 0 Å². The molecule has 2 bridgehead atoms. The minimum Gasteiger partial charge on any atom is -0.460 e. The van der Waals surface area contributed by atoms with E-state index in [1.54, 1.807) is 41.1 Å². The number of carbonyl (C=O) groups is 5. The van der Waals surface area contributed by atoms with Crippen LogP contribution in [0, 0.1) is 35.5 Å². The maximum Gasteiger partial charge on any atom is 0.329 e. The van der Waals surface area contributed by atoms with Gasteiger partial charge in [-0.2, -0.15) is 0 Å². The molecule has 2 unspecified atom stereocenters. The molecule has 1 saturated carbocycles. The van der Waals surface area contributed by atoms with Crippen molar-refractivity contribution < 1.29 is 62.6 Å². The van der Waals surface area contributed by atoms with E-state index in [4.69, 9.17) is 23.7 Å². The number of fused-ring (bicyclic) bond motifs is 3. The number of nitrogens with zero attached hydrogens (tertiary/aromatic N) is 5. The first-order valence-corrected chi connectivity index (χ1v) is 25.2. The predicted octanol–water partition coefficient (Wildman–Crippen LogP) is 6.99. The molecule has 0 radical (unpaired) electrons. The Bertz CT molecular complexity index is 2000. The molecular weight excluding hydrogens is 887 g/mol. The van der Waals surface area contributed by atoms with Crippen molar-refractivity contribution in [1.82, 2.24) is 4.90 Å². The molecular formula is C52H80N5O12+. The number of rotatable bonds is 7. The molecule has 0 spiro atoms. The summed E-state index contributed by atoms with van der Waals surface area (Å²) in [6.45, 7) is 13.2. The van der Waals surface area contributed by atoms with Crippen LogP contribution in [0.2, 0.25) is 0 Å². The van der Waals surface area contributed by atoms with Gasteiger partial charge in [-0.05, 0) is 112 Å². The van der Waals surface area contributed by atoms with Crippen molar-refractivity contribution in [3.05, 3.63) is 47.6 Å². The Morgan fingerprint density at radius 3 is 2.32 bits per heavy atom. The van der Waals surface area contributed by atoms with Crippen LogP contribution in [0.25, 0.3) is 0 Å². The summed E-state index contributed by atoms with van der Waals surface area (Å²) in [5.41, 5.74) is 1.24. The zero-order valence-electron chi connectivity index (χ0n) is 42.7. The third kappa shape index (κ3) is 14.3. The van der Waals surface area contributed by atoms with Gasteiger partial charge in [-0.1, -0.05) is 71.1 Å². The van der Waals surface area contributed by atoms with Gasteiger partial charge in [-0.3, -0.25) is 19.2 Å². The molecule has 17 heteroatoms. The average Bonchev–Trinajstić information content (AvgIpc) is 3.85. The van der Waals surface area contributed by atoms with Gasteiger partial charge in [0.15, 0.2) is 11.0 Å². The van der Waals surface area contributed by atoms with Crippen LogP contribution in [-0.4, -0.2) is 138 Å². The van der Waals surface area contributed by atoms with E-state index >= 15 is 0 Å². The summed E-state index contributed by atoms with van der Waals surface area (Å²) in [6, 6.07) is -1.16. The number of Topliss-reactive ketones (excluding diaryl/α,β-unsaturated/α-hetero) is 3. The Morgan fingerprint density at radius 1 is 0.884 bits per heavy atom. The van der Waals surface area contributed by atoms with Gasteiger partial charge in [-0.15, -0.1) is 4.70 Å². The van der Waals surface area contributed by atoms with Crippen molar-refractivity contribution >= 4 is 29.2 Å². The summed E-state index contributed by atoms with van der Waals surface area (Å²) in [5.74, 6) is -7.93. The van der Waals surface area contributed by atoms with E-state index < -0.39 is 77.8 Å². The first-order valence-electron chi connectivity index (χ1n) is 25.2. The summed E-state index contributed by atoms with van der Waals surface area (Å²) < 4.78 is 31.9. The first-order chi connectivity index (χ1) is 32.8. The maximum absolute atomic E-state index is 14.7. The number of hydrogen-bond acceptors (Lipinski definition) is 15. The molecule has 17 nitrogen and oxygen atoms in total. The second-order valence-corrected chi connectivity index (χ2v) is 20.5. The Labute approximate surface area is 408 Å². The molecule has 3 fully saturated rings. The first kappa shape index (κ1) is 55.8. The fourth-order valence-electron chi connectivity index (χ4n) is 10.8. The minimum absolute atomic E-state index is 0.00176. The Balaban J connectivity index is 1.49. The highest BCUT2D eigenvalue weighted by Gasteiger charge is 2.55. The molecule has 15 atom stereocenters. The second-order valence-electron chi connectivity index (χ2n) is 20.5. The smallest absolute Gasteiger partial charge is 0.329 e. The Hall–Kier alpha value is -4.13. The highest BCUT2D eigenvalue weighted by atomic mass is 16.6. The molecule has 4 heterocycles. The van der Waals surface area contributed by atoms with E-state index in [2.05, 4.69) is 15.6 Å². The van der Waals surface area contributed by atoms with Crippen LogP contribution in [0.3, 0.4) is 0 Å². The monoisotopic (exact) mass is 967 g/mol. The zero-order chi connectivity index (χ0) is 50.6. The average molecular weight is 967 g/mol. The lowest BCUT2D eigenvalue weighted by atomic mass is 9.77. The fourth-order valence-corrected chi connectivity index (χ4v) is 10.8. The van der Waals surface area contributed by atoms with E-state index in [0.717, 1.165) is 18.4 Å². The predicted molar refractivity (Wildman–Crippen MR) is 255 cm³/mol. The Kier molecular flexibility index (Phi) is 20.9. The maximum atomic E-state index is 14.7. The molecule has 1 amide bonds. The van der Waals surface area contributed by atoms with Crippen molar-refractivity contribution in [2.75, 3.05) is 34.5 Å². The van der Waals surface area contributed by atoms with Gasteiger partial charge < -0.3 is 38.8 Å². The molecule has 0 aromatic carbocycles. The number of methoxy groups -OCH3 is 3. The topological polar surface area (TPSA) is 215 Å². The van der Waals surface area contributed by atoms with E-state index in [0.29, 0.717) is 57.2 Å². The number of allylic oxidation sites excluding steroid dienone is 6. The van der Waals surface area contributed by atoms with Gasteiger partial charge in [0.1, 0.15) is 36.2 Å². The molecule has 2 saturated heterocycles. The van der Waals surface area contributed by atoms with Crippen LogP contribution in [0.5, 0.6) is 0 Å². The van der Waals surface area contributed by atoms with Crippen molar-refractivity contribution in [2.45, 2.75) is 180 Å². The highest BCUT2D eigenvalue weighted by molar-refractivity contribution is 6.09. The van der Waals surface area contributed by atoms with Gasteiger partial charge in [0.25, 0.3) is 5.91 Å². The van der Waals surface area contributed by atoms with Crippen LogP contribution in [0.4, 0.5) is 0 Å². The number of esters is 1. The quantitative estimate of drug-likeness (QED) is 0.114. The third-order valence-electron chi connectivity index (χ3n) is 15.2. The standard InChI is InChI=1S/C52H80N5O12/c1-31-16-12-11-13-17-32(2)43(65-8)28-39-21-19-33(3)49(61)52(64,69-39)51(63)56-23-15-14-18-41(56)50(62)68-44(35(5)26-38-20-22-40(45(27-38)66-9)57-30-53-54-55-57)29-42(58)34(4)25-37(7)47(60)48(67-10)46(59)36(6)24-31/h11-13,16-17,25,31,33-36,38-41,43-45,47-48,60,64H,14-15,18-24,26-30H2,1-10H3/q+1/b13-11+,16-12+,32-17?,37-25+/t31-,33-,34-,35-,36+,38+,39+,40+,41?,43+,44+,45-,47-,48+,52?/m1/s1. The largest absolute Gasteiger partial charge is 0.460 e. The number of aliphatic hydroxyl groups excluding tert-OH is 1. The molecule has 4 aliphatic heterocycles. The zero-order valence-corrected chi connectivity index (χ0v) is 42.7. The number of cyclic esters (lactones) is 1. The molecule has 0 aromatic rings. The number of ether oxygens (including phenoxy) is 5. The van der Waals surface area contributed by atoms with Gasteiger partial charge >= 0.3 is 11.8 Å². The molecule has 1 aliphatic carbocycles. The van der Waals surface area contributed by atoms with Gasteiger partial charge in [-0.25, -0.2) is 4.79 Å². The van der Waals surface area contributed by atoms with Gasteiger partial charge in [0.05, 0.1) is 18.3 Å². The summed E-state index contributed by atoms with van der Waals surface area (Å²) in [7, 11) is 4.62. The van der Waals surface area contributed by atoms with Crippen molar-refractivity contribution in [1.29, 1.82) is 0 Å². The van der Waals surface area contributed by atoms with Crippen molar-refractivity contribution in [3.63, 3.8) is 0 Å². The Morgan fingerprint density at radius 2 is 1.64 bits per heavy atom. The van der Waals surface area contributed by atoms with Gasteiger partial charge in [0.2, 0.25) is 17.7 Å². The lowest BCUT2D eigenvalue weighted by Crippen LogP contribution is -2.62. The lowest BCUT2D eigenvalue weighted by molar-refractivity contribution is -0.631. The van der Waals surface area contributed by atoms with Crippen LogP contribution >= 0.6 is 0 Å². The van der Waals surface area contributed by atoms with E-state index in [1.807, 2.05) is 62.8 Å². The van der Waals surface area contributed by atoms with Crippen LogP contribution in [-0.2, 0) is 47.7 Å². The normalized spacial score (nSPS) is 38.8. The number of carbonyl (C=O) groups excluding carboxylic acids is 5.